The highest BCUT2D eigenvalue weighted by Gasteiger charge is 2.06. The summed E-state index contributed by atoms with van der Waals surface area (Å²) < 4.78 is 1.87. The number of aryl methyl sites for hydroxylation is 1. The normalized spacial score (nSPS) is 10.5. The van der Waals surface area contributed by atoms with Crippen molar-refractivity contribution in [2.45, 2.75) is 19.9 Å². The predicted molar refractivity (Wildman–Crippen MR) is 77.4 cm³/mol. The van der Waals surface area contributed by atoms with Crippen LogP contribution in [0.1, 0.15) is 23.7 Å². The number of aliphatic hydroxyl groups is 1. The van der Waals surface area contributed by atoms with Gasteiger partial charge in [-0.3, -0.25) is 9.48 Å². The summed E-state index contributed by atoms with van der Waals surface area (Å²) in [5, 5.41) is 15.7. The number of nitrogens with one attached hydrogen (secondary N) is 1. The molecule has 2 aromatic rings. The Hall–Kier alpha value is -2.14. The van der Waals surface area contributed by atoms with E-state index < -0.39 is 0 Å². The Morgan fingerprint density at radius 1 is 1.30 bits per heavy atom. The Kier molecular flexibility index (Phi) is 4.90. The van der Waals surface area contributed by atoms with Crippen LogP contribution in [0.3, 0.4) is 0 Å². The van der Waals surface area contributed by atoms with Gasteiger partial charge < -0.3 is 10.4 Å². The molecule has 0 radical (unpaired) electrons. The molecule has 106 valence electrons. The maximum Gasteiger partial charge on any atom is 0.251 e. The minimum atomic E-state index is -0.116. The summed E-state index contributed by atoms with van der Waals surface area (Å²) in [6.45, 7) is 3.45. The molecule has 1 aromatic carbocycles. The Balaban J connectivity index is 2.04. The lowest BCUT2D eigenvalue weighted by molar-refractivity contribution is 0.0951. The Labute approximate surface area is 118 Å². The second-order valence-corrected chi connectivity index (χ2v) is 4.50. The minimum absolute atomic E-state index is 0.0840. The Morgan fingerprint density at radius 2 is 2.05 bits per heavy atom. The average Bonchev–Trinajstić information content (AvgIpc) is 2.96. The van der Waals surface area contributed by atoms with Crippen molar-refractivity contribution >= 4 is 5.91 Å². The molecule has 0 saturated heterocycles. The molecule has 0 aliphatic heterocycles. The van der Waals surface area contributed by atoms with Crippen molar-refractivity contribution in [2.75, 3.05) is 13.2 Å². The van der Waals surface area contributed by atoms with E-state index in [9.17, 15) is 4.79 Å². The van der Waals surface area contributed by atoms with Gasteiger partial charge in [-0.2, -0.15) is 5.10 Å². The molecule has 5 heteroatoms. The van der Waals surface area contributed by atoms with E-state index in [0.717, 1.165) is 17.7 Å². The second-order valence-electron chi connectivity index (χ2n) is 4.50. The topological polar surface area (TPSA) is 67.2 Å². The van der Waals surface area contributed by atoms with Gasteiger partial charge in [0.05, 0.1) is 6.20 Å². The van der Waals surface area contributed by atoms with Crippen molar-refractivity contribution in [3.05, 3.63) is 42.2 Å². The first-order valence-corrected chi connectivity index (χ1v) is 6.76. The molecule has 2 N–H and O–H groups in total. The van der Waals surface area contributed by atoms with E-state index in [0.29, 0.717) is 18.5 Å². The molecule has 5 nitrogen and oxygen atoms in total. The van der Waals surface area contributed by atoms with Gasteiger partial charge in [-0.15, -0.1) is 0 Å². The molecule has 1 aromatic heterocycles. The van der Waals surface area contributed by atoms with Crippen LogP contribution in [-0.2, 0) is 6.54 Å². The molecule has 0 atom stereocenters. The molecule has 0 spiro atoms. The van der Waals surface area contributed by atoms with E-state index in [1.54, 1.807) is 12.1 Å². The summed E-state index contributed by atoms with van der Waals surface area (Å²) in [7, 11) is 0. The highest BCUT2D eigenvalue weighted by Crippen LogP contribution is 2.19. The number of hydrogen-bond donors (Lipinski definition) is 2. The van der Waals surface area contributed by atoms with E-state index >= 15 is 0 Å². The number of carbonyl (C=O) groups is 1. The van der Waals surface area contributed by atoms with Crippen LogP contribution < -0.4 is 5.32 Å². The van der Waals surface area contributed by atoms with Gasteiger partial charge in [0.2, 0.25) is 0 Å². The van der Waals surface area contributed by atoms with Crippen molar-refractivity contribution in [3.8, 4) is 11.1 Å². The molecule has 0 aliphatic rings. The number of nitrogens with zero attached hydrogens (tertiary/aromatic N) is 2. The molecule has 0 unspecified atom stereocenters. The number of aliphatic hydroxyl groups excluding tert-OH is 1. The summed E-state index contributed by atoms with van der Waals surface area (Å²) in [6, 6.07) is 7.43. The summed E-state index contributed by atoms with van der Waals surface area (Å²) in [4.78, 5) is 11.8. The van der Waals surface area contributed by atoms with Crippen LogP contribution in [0.25, 0.3) is 11.1 Å². The lowest BCUT2D eigenvalue weighted by Crippen LogP contribution is -2.24. The zero-order valence-electron chi connectivity index (χ0n) is 11.5. The van der Waals surface area contributed by atoms with Crippen LogP contribution in [0.5, 0.6) is 0 Å². The van der Waals surface area contributed by atoms with E-state index in [2.05, 4.69) is 10.4 Å². The van der Waals surface area contributed by atoms with E-state index in [4.69, 9.17) is 5.11 Å². The van der Waals surface area contributed by atoms with Crippen LogP contribution in [0.2, 0.25) is 0 Å². The highest BCUT2D eigenvalue weighted by molar-refractivity contribution is 5.94. The summed E-state index contributed by atoms with van der Waals surface area (Å²) >= 11 is 0. The summed E-state index contributed by atoms with van der Waals surface area (Å²) in [6.07, 6.45) is 4.37. The fourth-order valence-electron chi connectivity index (χ4n) is 1.88. The number of aromatic nitrogens is 2. The number of amides is 1. The summed E-state index contributed by atoms with van der Waals surface area (Å²) in [5.41, 5.74) is 2.70. The Morgan fingerprint density at radius 3 is 2.65 bits per heavy atom. The van der Waals surface area contributed by atoms with E-state index in [1.165, 1.54) is 0 Å². The van der Waals surface area contributed by atoms with Gasteiger partial charge in [-0.05, 0) is 31.0 Å². The minimum Gasteiger partial charge on any atom is -0.396 e. The van der Waals surface area contributed by atoms with Crippen LogP contribution in [0.15, 0.2) is 36.7 Å². The van der Waals surface area contributed by atoms with E-state index in [-0.39, 0.29) is 12.5 Å². The van der Waals surface area contributed by atoms with Gasteiger partial charge in [-0.25, -0.2) is 0 Å². The smallest absolute Gasteiger partial charge is 0.251 e. The van der Waals surface area contributed by atoms with Crippen molar-refractivity contribution in [1.82, 2.24) is 15.1 Å². The monoisotopic (exact) mass is 273 g/mol. The maximum absolute atomic E-state index is 11.8. The number of carbonyl (C=O) groups excluding carboxylic acids is 1. The van der Waals surface area contributed by atoms with Gasteiger partial charge in [0.25, 0.3) is 5.91 Å². The van der Waals surface area contributed by atoms with Crippen molar-refractivity contribution in [1.29, 1.82) is 0 Å². The highest BCUT2D eigenvalue weighted by atomic mass is 16.3. The third-order valence-corrected chi connectivity index (χ3v) is 3.06. The largest absolute Gasteiger partial charge is 0.396 e. The lowest BCUT2D eigenvalue weighted by atomic mass is 10.1. The maximum atomic E-state index is 11.8. The van der Waals surface area contributed by atoms with Crippen LogP contribution in [0.4, 0.5) is 0 Å². The molecule has 0 aliphatic carbocycles. The lowest BCUT2D eigenvalue weighted by Gasteiger charge is -2.04. The zero-order chi connectivity index (χ0) is 14.4. The van der Waals surface area contributed by atoms with Gasteiger partial charge >= 0.3 is 0 Å². The van der Waals surface area contributed by atoms with Crippen LogP contribution >= 0.6 is 0 Å². The quantitative estimate of drug-likeness (QED) is 0.787. The number of benzene rings is 1. The first-order valence-electron chi connectivity index (χ1n) is 6.76. The third-order valence-electron chi connectivity index (χ3n) is 3.06. The zero-order valence-corrected chi connectivity index (χ0v) is 11.5. The standard InChI is InChI=1S/C15H19N3O2/c1-2-18-11-14(10-17-18)12-4-6-13(7-5-12)15(20)16-8-3-9-19/h4-7,10-11,19H,2-3,8-9H2,1H3,(H,16,20). The molecule has 0 fully saturated rings. The van der Waals surface area contributed by atoms with Crippen molar-refractivity contribution < 1.29 is 9.90 Å². The number of hydrogen-bond acceptors (Lipinski definition) is 3. The molecule has 1 amide bonds. The molecule has 0 saturated carbocycles. The third kappa shape index (κ3) is 3.45. The average molecular weight is 273 g/mol. The fourth-order valence-corrected chi connectivity index (χ4v) is 1.88. The van der Waals surface area contributed by atoms with Gasteiger partial charge in [0.1, 0.15) is 0 Å². The Bertz CT molecular complexity index is 561. The first kappa shape index (κ1) is 14.3. The van der Waals surface area contributed by atoms with Crippen molar-refractivity contribution in [2.24, 2.45) is 0 Å². The summed E-state index contributed by atoms with van der Waals surface area (Å²) in [5.74, 6) is -0.116. The number of rotatable bonds is 6. The molecule has 0 bridgehead atoms. The van der Waals surface area contributed by atoms with E-state index in [1.807, 2.05) is 36.1 Å². The fraction of sp³-hybridized carbons (Fsp3) is 0.333. The second kappa shape index (κ2) is 6.86. The molecule has 20 heavy (non-hydrogen) atoms. The predicted octanol–water partition coefficient (Wildman–Crippen LogP) is 1.68. The van der Waals surface area contributed by atoms with Crippen LogP contribution in [0, 0.1) is 0 Å². The van der Waals surface area contributed by atoms with Gasteiger partial charge in [-0.1, -0.05) is 12.1 Å². The molecule has 2 rings (SSSR count). The van der Waals surface area contributed by atoms with Crippen LogP contribution in [-0.4, -0.2) is 33.9 Å². The van der Waals surface area contributed by atoms with Crippen molar-refractivity contribution in [3.63, 3.8) is 0 Å². The SMILES string of the molecule is CCn1cc(-c2ccc(C(=O)NCCCO)cc2)cn1. The van der Waals surface area contributed by atoms with Gasteiger partial charge in [0.15, 0.2) is 0 Å². The molecular weight excluding hydrogens is 254 g/mol. The molecular formula is C15H19N3O2. The molecule has 1 heterocycles. The van der Waals surface area contributed by atoms with Gasteiger partial charge in [0, 0.05) is 37.0 Å². The first-order chi connectivity index (χ1) is 9.74.